The highest BCUT2D eigenvalue weighted by Gasteiger charge is 2.18. The quantitative estimate of drug-likeness (QED) is 0.715. The lowest BCUT2D eigenvalue weighted by Crippen LogP contribution is -2.00. The molecule has 0 radical (unpaired) electrons. The van der Waals surface area contributed by atoms with Crippen molar-refractivity contribution in [1.82, 2.24) is 20.0 Å². The molecule has 0 N–H and O–H groups in total. The van der Waals surface area contributed by atoms with Crippen LogP contribution in [-0.4, -0.2) is 20.0 Å². The van der Waals surface area contributed by atoms with Crippen molar-refractivity contribution in [3.05, 3.63) is 47.1 Å². The molecule has 0 unspecified atom stereocenters. The Labute approximate surface area is 113 Å². The van der Waals surface area contributed by atoms with Crippen molar-refractivity contribution in [2.45, 2.75) is 6.92 Å². The van der Waals surface area contributed by atoms with E-state index in [1.54, 1.807) is 10.9 Å². The first kappa shape index (κ1) is 11.6. The smallest absolute Gasteiger partial charge is 0.212 e. The lowest BCUT2D eigenvalue weighted by molar-refractivity contribution is 0.800. The Bertz CT molecular complexity index is 752. The minimum absolute atomic E-state index is 0.310. The largest absolute Gasteiger partial charge is 0.227 e. The molecule has 5 nitrogen and oxygen atoms in total. The number of hydrogen-bond donors (Lipinski definition) is 0. The molecule has 0 aliphatic carbocycles. The van der Waals surface area contributed by atoms with Crippen LogP contribution in [0.5, 0.6) is 0 Å². The van der Waals surface area contributed by atoms with E-state index in [2.05, 4.69) is 21.4 Å². The Hall–Kier alpha value is -2.52. The van der Waals surface area contributed by atoms with Gasteiger partial charge in [-0.1, -0.05) is 29.5 Å². The van der Waals surface area contributed by atoms with Crippen LogP contribution in [0.2, 0.25) is 0 Å². The normalized spacial score (nSPS) is 10.3. The maximum Gasteiger partial charge on any atom is 0.212 e. The first-order valence-electron chi connectivity index (χ1n) is 5.63. The maximum atomic E-state index is 9.20. The fraction of sp³-hybridized carbons (Fsp3) is 0.0769. The Morgan fingerprint density at radius 1 is 1.32 bits per heavy atom. The number of nitrogens with zero attached hydrogens (tertiary/aromatic N) is 5. The molecule has 2 heterocycles. The van der Waals surface area contributed by atoms with Crippen molar-refractivity contribution in [3.8, 4) is 22.5 Å². The zero-order valence-electron chi connectivity index (χ0n) is 10.1. The minimum atomic E-state index is 0.310. The van der Waals surface area contributed by atoms with Crippen LogP contribution < -0.4 is 0 Å². The van der Waals surface area contributed by atoms with Crippen LogP contribution in [-0.2, 0) is 0 Å². The third-order valence-corrected chi connectivity index (χ3v) is 3.52. The molecule has 0 saturated heterocycles. The van der Waals surface area contributed by atoms with Gasteiger partial charge in [0.15, 0.2) is 5.69 Å². The highest BCUT2D eigenvalue weighted by atomic mass is 32.1. The Kier molecular flexibility index (Phi) is 2.82. The topological polar surface area (TPSA) is 67.4 Å². The molecule has 0 spiro atoms. The molecule has 0 atom stereocenters. The average Bonchev–Trinajstić information content (AvgIpc) is 3.07. The molecule has 0 fully saturated rings. The van der Waals surface area contributed by atoms with E-state index in [1.807, 2.05) is 36.6 Å². The molecule has 0 saturated carbocycles. The van der Waals surface area contributed by atoms with Gasteiger partial charge in [0.25, 0.3) is 0 Å². The van der Waals surface area contributed by atoms with Gasteiger partial charge in [0.05, 0.1) is 0 Å². The van der Waals surface area contributed by atoms with E-state index in [0.29, 0.717) is 16.5 Å². The molecule has 3 aromatic rings. The van der Waals surface area contributed by atoms with Gasteiger partial charge in [0.2, 0.25) is 5.13 Å². The molecule has 92 valence electrons. The fourth-order valence-corrected chi connectivity index (χ4v) is 2.48. The van der Waals surface area contributed by atoms with Gasteiger partial charge >= 0.3 is 0 Å². The lowest BCUT2D eigenvalue weighted by atomic mass is 10.0. The van der Waals surface area contributed by atoms with Crippen LogP contribution in [0.3, 0.4) is 0 Å². The second-order valence-electron chi connectivity index (χ2n) is 3.94. The Morgan fingerprint density at radius 3 is 2.84 bits per heavy atom. The maximum absolute atomic E-state index is 9.20. The summed E-state index contributed by atoms with van der Waals surface area (Å²) in [4.78, 5) is 4.22. The molecule has 2 aromatic heterocycles. The van der Waals surface area contributed by atoms with Crippen LogP contribution in [0.4, 0.5) is 0 Å². The van der Waals surface area contributed by atoms with E-state index >= 15 is 0 Å². The average molecular weight is 267 g/mol. The summed E-state index contributed by atoms with van der Waals surface area (Å²) in [7, 11) is 0. The van der Waals surface area contributed by atoms with Crippen LogP contribution in [0, 0.1) is 18.3 Å². The van der Waals surface area contributed by atoms with Gasteiger partial charge < -0.3 is 0 Å². The molecular formula is C13H9N5S. The summed E-state index contributed by atoms with van der Waals surface area (Å²) in [5, 5.41) is 19.7. The SMILES string of the molecule is Cc1ccccc1-c1c(C#N)nnn1-c1nccs1. The summed E-state index contributed by atoms with van der Waals surface area (Å²) in [6.07, 6.45) is 1.70. The lowest BCUT2D eigenvalue weighted by Gasteiger charge is -2.06. The van der Waals surface area contributed by atoms with Gasteiger partial charge in [-0.15, -0.1) is 16.4 Å². The molecule has 3 rings (SSSR count). The molecule has 0 amide bonds. The standard InChI is InChI=1S/C13H9N5S/c1-9-4-2-3-5-10(9)12-11(8-14)16-17-18(12)13-15-6-7-19-13/h2-7H,1H3. The summed E-state index contributed by atoms with van der Waals surface area (Å²) in [6.45, 7) is 2.00. The first-order chi connectivity index (χ1) is 9.31. The van der Waals surface area contributed by atoms with Crippen LogP contribution in [0.1, 0.15) is 11.3 Å². The number of aromatic nitrogens is 4. The summed E-state index contributed by atoms with van der Waals surface area (Å²) in [6, 6.07) is 9.93. The number of aryl methyl sites for hydroxylation is 1. The van der Waals surface area contributed by atoms with Crippen molar-refractivity contribution < 1.29 is 0 Å². The van der Waals surface area contributed by atoms with E-state index in [1.165, 1.54) is 11.3 Å². The summed E-state index contributed by atoms with van der Waals surface area (Å²) in [5.74, 6) is 0. The highest BCUT2D eigenvalue weighted by Crippen LogP contribution is 2.28. The van der Waals surface area contributed by atoms with Gasteiger partial charge in [-0.05, 0) is 12.5 Å². The molecule has 0 aliphatic heterocycles. The van der Waals surface area contributed by atoms with E-state index in [9.17, 15) is 5.26 Å². The van der Waals surface area contributed by atoms with Gasteiger partial charge in [0.1, 0.15) is 11.8 Å². The Morgan fingerprint density at radius 2 is 2.16 bits per heavy atom. The summed E-state index contributed by atoms with van der Waals surface area (Å²) >= 11 is 1.45. The second kappa shape index (κ2) is 4.63. The minimum Gasteiger partial charge on any atom is -0.227 e. The van der Waals surface area contributed by atoms with Crippen LogP contribution in [0.25, 0.3) is 16.4 Å². The predicted molar refractivity (Wildman–Crippen MR) is 71.9 cm³/mol. The van der Waals surface area contributed by atoms with Gasteiger partial charge in [-0.25, -0.2) is 4.98 Å². The third-order valence-electron chi connectivity index (χ3n) is 2.78. The van der Waals surface area contributed by atoms with E-state index in [0.717, 1.165) is 11.1 Å². The van der Waals surface area contributed by atoms with Crippen LogP contribution >= 0.6 is 11.3 Å². The Balaban J connectivity index is 2.29. The monoisotopic (exact) mass is 267 g/mol. The summed E-state index contributed by atoms with van der Waals surface area (Å²) < 4.78 is 1.62. The van der Waals surface area contributed by atoms with E-state index < -0.39 is 0 Å². The third kappa shape index (κ3) is 1.90. The molecular weight excluding hydrogens is 258 g/mol. The van der Waals surface area contributed by atoms with Gasteiger partial charge in [-0.3, -0.25) is 0 Å². The zero-order valence-corrected chi connectivity index (χ0v) is 10.9. The van der Waals surface area contributed by atoms with E-state index in [4.69, 9.17) is 0 Å². The molecule has 1 aromatic carbocycles. The number of thiazole rings is 1. The second-order valence-corrected chi connectivity index (χ2v) is 4.81. The predicted octanol–water partition coefficient (Wildman–Crippen LogP) is 2.57. The van der Waals surface area contributed by atoms with Crippen LogP contribution in [0.15, 0.2) is 35.8 Å². The van der Waals surface area contributed by atoms with Crippen molar-refractivity contribution in [2.75, 3.05) is 0 Å². The number of benzene rings is 1. The molecule has 19 heavy (non-hydrogen) atoms. The van der Waals surface area contributed by atoms with Crippen molar-refractivity contribution >= 4 is 11.3 Å². The molecule has 6 heteroatoms. The first-order valence-corrected chi connectivity index (χ1v) is 6.51. The zero-order chi connectivity index (χ0) is 13.2. The number of rotatable bonds is 2. The summed E-state index contributed by atoms with van der Waals surface area (Å²) in [5.41, 5.74) is 3.01. The van der Waals surface area contributed by atoms with Gasteiger partial charge in [0, 0.05) is 17.1 Å². The molecule has 0 bridgehead atoms. The van der Waals surface area contributed by atoms with Crippen molar-refractivity contribution in [3.63, 3.8) is 0 Å². The number of hydrogen-bond acceptors (Lipinski definition) is 5. The van der Waals surface area contributed by atoms with E-state index in [-0.39, 0.29) is 0 Å². The molecule has 0 aliphatic rings. The number of nitriles is 1. The highest BCUT2D eigenvalue weighted by molar-refractivity contribution is 7.12. The fourth-order valence-electron chi connectivity index (χ4n) is 1.89. The van der Waals surface area contributed by atoms with Gasteiger partial charge in [-0.2, -0.15) is 9.94 Å². The van der Waals surface area contributed by atoms with Crippen molar-refractivity contribution in [2.24, 2.45) is 0 Å². The van der Waals surface area contributed by atoms with Crippen molar-refractivity contribution in [1.29, 1.82) is 5.26 Å².